The Labute approximate surface area is 146 Å². The van der Waals surface area contributed by atoms with Crippen molar-refractivity contribution >= 4 is 17.5 Å². The number of halogens is 2. The van der Waals surface area contributed by atoms with Gasteiger partial charge in [-0.15, -0.1) is 0 Å². The van der Waals surface area contributed by atoms with Gasteiger partial charge in [0.25, 0.3) is 0 Å². The second kappa shape index (κ2) is 7.77. The third-order valence-corrected chi connectivity index (χ3v) is 4.61. The molecule has 5 heteroatoms. The van der Waals surface area contributed by atoms with E-state index in [0.29, 0.717) is 6.54 Å². The van der Waals surface area contributed by atoms with Gasteiger partial charge in [-0.3, -0.25) is 9.69 Å². The van der Waals surface area contributed by atoms with Crippen molar-refractivity contribution in [2.75, 3.05) is 13.1 Å². The number of amides is 1. The van der Waals surface area contributed by atoms with Crippen molar-refractivity contribution < 1.29 is 9.18 Å². The minimum absolute atomic E-state index is 0.0384. The summed E-state index contributed by atoms with van der Waals surface area (Å²) < 4.78 is 13.2. The lowest BCUT2D eigenvalue weighted by Gasteiger charge is -2.27. The fraction of sp³-hybridized carbons (Fsp3) is 0.316. The van der Waals surface area contributed by atoms with E-state index in [1.165, 1.54) is 6.07 Å². The highest BCUT2D eigenvalue weighted by Gasteiger charge is 2.29. The predicted octanol–water partition coefficient (Wildman–Crippen LogP) is 3.93. The van der Waals surface area contributed by atoms with Gasteiger partial charge in [-0.05, 0) is 49.2 Å². The van der Waals surface area contributed by atoms with E-state index in [4.69, 9.17) is 11.6 Å². The normalized spacial score (nSPS) is 16.1. The number of carbonyl (C=O) groups is 1. The predicted molar refractivity (Wildman–Crippen MR) is 93.2 cm³/mol. The summed E-state index contributed by atoms with van der Waals surface area (Å²) in [7, 11) is 0. The molecule has 1 amide bonds. The first-order chi connectivity index (χ1) is 11.6. The van der Waals surface area contributed by atoms with Crippen LogP contribution in [0.25, 0.3) is 0 Å². The fourth-order valence-corrected chi connectivity index (χ4v) is 3.30. The Morgan fingerprint density at radius 2 is 1.88 bits per heavy atom. The van der Waals surface area contributed by atoms with Gasteiger partial charge in [-0.25, -0.2) is 4.39 Å². The number of likely N-dealkylation sites (tertiary alicyclic amines) is 1. The van der Waals surface area contributed by atoms with Gasteiger partial charge in [-0.2, -0.15) is 0 Å². The SMILES string of the molecule is O=C(NCc1ccc(F)c(Cl)c1)C(c1ccccc1)N1CCCC1. The molecule has 1 aliphatic heterocycles. The zero-order valence-corrected chi connectivity index (χ0v) is 14.1. The van der Waals surface area contributed by atoms with Crippen molar-refractivity contribution in [3.8, 4) is 0 Å². The fourth-order valence-electron chi connectivity index (χ4n) is 3.10. The molecule has 0 saturated carbocycles. The molecule has 0 spiro atoms. The molecule has 2 aromatic carbocycles. The van der Waals surface area contributed by atoms with Crippen LogP contribution >= 0.6 is 11.6 Å². The molecule has 1 N–H and O–H groups in total. The highest BCUT2D eigenvalue weighted by Crippen LogP contribution is 2.25. The van der Waals surface area contributed by atoms with Gasteiger partial charge >= 0.3 is 0 Å². The molecule has 0 radical (unpaired) electrons. The van der Waals surface area contributed by atoms with E-state index in [-0.39, 0.29) is 17.0 Å². The standard InChI is InChI=1S/C19H20ClFN2O/c20-16-12-14(8-9-17(16)21)13-22-19(24)18(23-10-4-5-11-23)15-6-2-1-3-7-15/h1-3,6-9,12,18H,4-5,10-11,13H2,(H,22,24). The van der Waals surface area contributed by atoms with Crippen LogP contribution in [-0.2, 0) is 11.3 Å². The monoisotopic (exact) mass is 346 g/mol. The van der Waals surface area contributed by atoms with Gasteiger partial charge < -0.3 is 5.32 Å². The Balaban J connectivity index is 1.72. The molecule has 0 aliphatic carbocycles. The van der Waals surface area contributed by atoms with E-state index in [2.05, 4.69) is 10.2 Å². The van der Waals surface area contributed by atoms with E-state index in [9.17, 15) is 9.18 Å². The molecule has 24 heavy (non-hydrogen) atoms. The topological polar surface area (TPSA) is 32.3 Å². The number of nitrogens with zero attached hydrogens (tertiary/aromatic N) is 1. The van der Waals surface area contributed by atoms with Crippen LogP contribution in [-0.4, -0.2) is 23.9 Å². The first kappa shape index (κ1) is 16.9. The zero-order chi connectivity index (χ0) is 16.9. The average Bonchev–Trinajstić information content (AvgIpc) is 3.11. The van der Waals surface area contributed by atoms with Gasteiger partial charge in [-0.1, -0.05) is 48.0 Å². The van der Waals surface area contributed by atoms with Crippen molar-refractivity contribution in [3.63, 3.8) is 0 Å². The summed E-state index contributed by atoms with van der Waals surface area (Å²) in [5.74, 6) is -0.491. The smallest absolute Gasteiger partial charge is 0.242 e. The number of nitrogens with one attached hydrogen (secondary N) is 1. The van der Waals surface area contributed by atoms with Crippen molar-refractivity contribution in [2.45, 2.75) is 25.4 Å². The molecule has 0 bridgehead atoms. The Morgan fingerprint density at radius 3 is 2.54 bits per heavy atom. The van der Waals surface area contributed by atoms with E-state index in [1.807, 2.05) is 30.3 Å². The molecule has 1 unspecified atom stereocenters. The summed E-state index contributed by atoms with van der Waals surface area (Å²) >= 11 is 5.80. The summed E-state index contributed by atoms with van der Waals surface area (Å²) in [5.41, 5.74) is 1.78. The minimum Gasteiger partial charge on any atom is -0.350 e. The van der Waals surface area contributed by atoms with Crippen LogP contribution in [0, 0.1) is 5.82 Å². The molecule has 0 aromatic heterocycles. The van der Waals surface area contributed by atoms with Crippen molar-refractivity contribution in [1.29, 1.82) is 0 Å². The lowest BCUT2D eigenvalue weighted by atomic mass is 10.0. The molecule has 126 valence electrons. The van der Waals surface area contributed by atoms with Gasteiger partial charge in [0, 0.05) is 6.54 Å². The van der Waals surface area contributed by atoms with Crippen LogP contribution in [0.2, 0.25) is 5.02 Å². The molecule has 3 nitrogen and oxygen atoms in total. The number of hydrogen-bond acceptors (Lipinski definition) is 2. The molecular formula is C19H20ClFN2O. The largest absolute Gasteiger partial charge is 0.350 e. The minimum atomic E-state index is -0.453. The number of hydrogen-bond donors (Lipinski definition) is 1. The third-order valence-electron chi connectivity index (χ3n) is 4.32. The van der Waals surface area contributed by atoms with Gasteiger partial charge in [0.05, 0.1) is 5.02 Å². The lowest BCUT2D eigenvalue weighted by Crippen LogP contribution is -2.39. The van der Waals surface area contributed by atoms with Gasteiger partial charge in [0.15, 0.2) is 0 Å². The molecule has 1 fully saturated rings. The quantitative estimate of drug-likeness (QED) is 0.889. The number of rotatable bonds is 5. The molecule has 1 aliphatic rings. The van der Waals surface area contributed by atoms with Crippen LogP contribution < -0.4 is 5.32 Å². The second-order valence-corrected chi connectivity index (χ2v) is 6.43. The van der Waals surface area contributed by atoms with E-state index in [0.717, 1.165) is 37.1 Å². The molecule has 1 heterocycles. The summed E-state index contributed by atoms with van der Waals surface area (Å²) in [6.45, 7) is 2.18. The van der Waals surface area contributed by atoms with Crippen LogP contribution in [0.4, 0.5) is 4.39 Å². The van der Waals surface area contributed by atoms with Crippen LogP contribution in [0.3, 0.4) is 0 Å². The Kier molecular flexibility index (Phi) is 5.48. The van der Waals surface area contributed by atoms with E-state index >= 15 is 0 Å². The van der Waals surface area contributed by atoms with E-state index in [1.54, 1.807) is 12.1 Å². The summed E-state index contributed by atoms with van der Waals surface area (Å²) in [6.07, 6.45) is 2.23. The van der Waals surface area contributed by atoms with Crippen LogP contribution in [0.5, 0.6) is 0 Å². The Bertz CT molecular complexity index is 702. The van der Waals surface area contributed by atoms with Crippen LogP contribution in [0.15, 0.2) is 48.5 Å². The lowest BCUT2D eigenvalue weighted by molar-refractivity contribution is -0.126. The molecule has 3 rings (SSSR count). The highest BCUT2D eigenvalue weighted by atomic mass is 35.5. The van der Waals surface area contributed by atoms with Crippen LogP contribution in [0.1, 0.15) is 30.0 Å². The second-order valence-electron chi connectivity index (χ2n) is 6.02. The molecule has 1 saturated heterocycles. The summed E-state index contributed by atoms with van der Waals surface area (Å²) in [4.78, 5) is 15.0. The average molecular weight is 347 g/mol. The maximum Gasteiger partial charge on any atom is 0.242 e. The number of benzene rings is 2. The van der Waals surface area contributed by atoms with Crippen molar-refractivity contribution in [2.24, 2.45) is 0 Å². The first-order valence-corrected chi connectivity index (χ1v) is 8.53. The Morgan fingerprint density at radius 1 is 1.17 bits per heavy atom. The highest BCUT2D eigenvalue weighted by molar-refractivity contribution is 6.30. The zero-order valence-electron chi connectivity index (χ0n) is 13.3. The van der Waals surface area contributed by atoms with E-state index < -0.39 is 5.82 Å². The molecule has 1 atom stereocenters. The van der Waals surface area contributed by atoms with Crippen molar-refractivity contribution in [1.82, 2.24) is 10.2 Å². The Hall–Kier alpha value is -1.91. The number of carbonyl (C=O) groups excluding carboxylic acids is 1. The molecule has 2 aromatic rings. The molecular weight excluding hydrogens is 327 g/mol. The third kappa shape index (κ3) is 3.94. The first-order valence-electron chi connectivity index (χ1n) is 8.16. The van der Waals surface area contributed by atoms with Gasteiger partial charge in [0.2, 0.25) is 5.91 Å². The summed E-state index contributed by atoms with van der Waals surface area (Å²) in [5, 5.41) is 3.03. The maximum atomic E-state index is 13.2. The van der Waals surface area contributed by atoms with Gasteiger partial charge in [0.1, 0.15) is 11.9 Å². The van der Waals surface area contributed by atoms with Crippen molar-refractivity contribution in [3.05, 3.63) is 70.5 Å². The summed E-state index contributed by atoms with van der Waals surface area (Å²) in [6, 6.07) is 14.0. The maximum absolute atomic E-state index is 13.2.